The summed E-state index contributed by atoms with van der Waals surface area (Å²) in [5, 5.41) is 10.7. The molecule has 1 aliphatic heterocycles. The average molecular weight is 413 g/mol. The highest BCUT2D eigenvalue weighted by Gasteiger charge is 2.44. The Morgan fingerprint density at radius 3 is 2.79 bits per heavy atom. The van der Waals surface area contributed by atoms with E-state index in [9.17, 15) is 4.79 Å². The van der Waals surface area contributed by atoms with E-state index in [1.165, 1.54) is 11.3 Å². The molecule has 0 unspecified atom stereocenters. The summed E-state index contributed by atoms with van der Waals surface area (Å²) in [6, 6.07) is 3.96. The number of thiophene rings is 1. The van der Waals surface area contributed by atoms with E-state index in [1.807, 2.05) is 44.9 Å². The summed E-state index contributed by atoms with van der Waals surface area (Å²) in [6.45, 7) is 1.61. The summed E-state index contributed by atoms with van der Waals surface area (Å²) in [5.74, 6) is 1.08. The SMILES string of the molecule is CO[C@@H]1C[C@H]2CN(C(=O)c3cccs3)C[C@H]2C[C@H]1n1cc(-c2cncn2C)nn1. The van der Waals surface area contributed by atoms with Crippen molar-refractivity contribution in [3.8, 4) is 11.4 Å². The van der Waals surface area contributed by atoms with E-state index in [-0.39, 0.29) is 18.1 Å². The first-order chi connectivity index (χ1) is 14.1. The molecule has 0 aromatic carbocycles. The van der Waals surface area contributed by atoms with Crippen molar-refractivity contribution < 1.29 is 9.53 Å². The van der Waals surface area contributed by atoms with Gasteiger partial charge in [0.05, 0.1) is 41.4 Å². The van der Waals surface area contributed by atoms with Crippen molar-refractivity contribution in [3.63, 3.8) is 0 Å². The average Bonchev–Trinajstić information content (AvgIpc) is 3.52. The van der Waals surface area contributed by atoms with Crippen molar-refractivity contribution in [2.24, 2.45) is 18.9 Å². The number of amides is 1. The second-order valence-electron chi connectivity index (χ2n) is 7.99. The number of aryl methyl sites for hydroxylation is 1. The fraction of sp³-hybridized carbons (Fsp3) is 0.500. The van der Waals surface area contributed by atoms with E-state index >= 15 is 0 Å². The van der Waals surface area contributed by atoms with E-state index in [1.54, 1.807) is 19.6 Å². The molecule has 9 heteroatoms. The van der Waals surface area contributed by atoms with Gasteiger partial charge in [0, 0.05) is 27.2 Å². The summed E-state index contributed by atoms with van der Waals surface area (Å²) < 4.78 is 9.73. The predicted octanol–water partition coefficient (Wildman–Crippen LogP) is 2.48. The van der Waals surface area contributed by atoms with Crippen LogP contribution in [0.2, 0.25) is 0 Å². The summed E-state index contributed by atoms with van der Waals surface area (Å²) in [6.07, 6.45) is 7.47. The van der Waals surface area contributed by atoms with Gasteiger partial charge in [0.25, 0.3) is 5.91 Å². The molecule has 3 aromatic heterocycles. The number of carbonyl (C=O) groups is 1. The fourth-order valence-corrected chi connectivity index (χ4v) is 5.49. The summed E-state index contributed by atoms with van der Waals surface area (Å²) in [7, 11) is 3.71. The Morgan fingerprint density at radius 2 is 2.10 bits per heavy atom. The second kappa shape index (κ2) is 7.38. The molecule has 4 heterocycles. The van der Waals surface area contributed by atoms with Crippen molar-refractivity contribution in [1.29, 1.82) is 0 Å². The summed E-state index contributed by atoms with van der Waals surface area (Å²) in [5.41, 5.74) is 1.75. The summed E-state index contributed by atoms with van der Waals surface area (Å²) >= 11 is 1.51. The third kappa shape index (κ3) is 3.28. The maximum absolute atomic E-state index is 12.8. The molecular weight excluding hydrogens is 388 g/mol. The third-order valence-electron chi connectivity index (χ3n) is 6.34. The van der Waals surface area contributed by atoms with Crippen molar-refractivity contribution >= 4 is 17.2 Å². The van der Waals surface area contributed by atoms with Gasteiger partial charge in [-0.05, 0) is 36.1 Å². The lowest BCUT2D eigenvalue weighted by Crippen LogP contribution is -2.37. The zero-order valence-electron chi connectivity index (χ0n) is 16.5. The molecule has 8 nitrogen and oxygen atoms in total. The largest absolute Gasteiger partial charge is 0.379 e. The van der Waals surface area contributed by atoms with Crippen LogP contribution in [0.5, 0.6) is 0 Å². The van der Waals surface area contributed by atoms with Crippen LogP contribution in [0.3, 0.4) is 0 Å². The van der Waals surface area contributed by atoms with Crippen LogP contribution < -0.4 is 0 Å². The first-order valence-electron chi connectivity index (χ1n) is 9.88. The standard InChI is InChI=1S/C20H24N6O2S/c1-24-12-21-8-17(24)15-11-26(23-22-15)16-6-13-9-25(10-14(13)7-18(16)28-2)20(27)19-4-3-5-29-19/h3-5,8,11-14,16,18H,6-7,9-10H2,1-2H3/t13-,14+,16-,18-/m1/s1. The summed E-state index contributed by atoms with van der Waals surface area (Å²) in [4.78, 5) is 19.8. The Labute approximate surface area is 173 Å². The molecule has 0 bridgehead atoms. The van der Waals surface area contributed by atoms with Gasteiger partial charge in [0.1, 0.15) is 5.69 Å². The van der Waals surface area contributed by atoms with Crippen LogP contribution in [-0.2, 0) is 11.8 Å². The van der Waals surface area contributed by atoms with Gasteiger partial charge in [-0.25, -0.2) is 9.67 Å². The molecule has 1 saturated carbocycles. The zero-order chi connectivity index (χ0) is 20.0. The Hall–Kier alpha value is -2.52. The number of ether oxygens (including phenoxy) is 1. The molecule has 0 radical (unpaired) electrons. The van der Waals surface area contributed by atoms with E-state index < -0.39 is 0 Å². The first-order valence-corrected chi connectivity index (χ1v) is 10.8. The third-order valence-corrected chi connectivity index (χ3v) is 7.19. The van der Waals surface area contributed by atoms with Gasteiger partial charge in [0.15, 0.2) is 0 Å². The minimum absolute atomic E-state index is 0.0640. The van der Waals surface area contributed by atoms with Crippen molar-refractivity contribution in [2.45, 2.75) is 25.0 Å². The lowest BCUT2D eigenvalue weighted by Gasteiger charge is -2.36. The van der Waals surface area contributed by atoms with Gasteiger partial charge < -0.3 is 14.2 Å². The Bertz CT molecular complexity index is 996. The molecule has 5 rings (SSSR count). The molecule has 4 atom stereocenters. The van der Waals surface area contributed by atoms with Gasteiger partial charge in [-0.1, -0.05) is 11.3 Å². The number of carbonyl (C=O) groups excluding carboxylic acids is 1. The topological polar surface area (TPSA) is 78.1 Å². The highest BCUT2D eigenvalue weighted by Crippen LogP contribution is 2.42. The molecular formula is C20H24N6O2S. The number of aromatic nitrogens is 5. The predicted molar refractivity (Wildman–Crippen MR) is 108 cm³/mol. The van der Waals surface area contributed by atoms with Crippen molar-refractivity contribution in [2.75, 3.05) is 20.2 Å². The molecule has 152 valence electrons. The van der Waals surface area contributed by atoms with Crippen LogP contribution >= 0.6 is 11.3 Å². The quantitative estimate of drug-likeness (QED) is 0.658. The van der Waals surface area contributed by atoms with E-state index in [0.29, 0.717) is 11.8 Å². The fourth-order valence-electron chi connectivity index (χ4n) is 4.80. The van der Waals surface area contributed by atoms with E-state index in [0.717, 1.165) is 42.2 Å². The normalized spacial score (nSPS) is 26.6. The lowest BCUT2D eigenvalue weighted by molar-refractivity contribution is -0.00545. The maximum atomic E-state index is 12.8. The van der Waals surface area contributed by atoms with Gasteiger partial charge >= 0.3 is 0 Å². The highest BCUT2D eigenvalue weighted by molar-refractivity contribution is 7.12. The Morgan fingerprint density at radius 1 is 1.28 bits per heavy atom. The lowest BCUT2D eigenvalue weighted by atomic mass is 9.77. The first kappa shape index (κ1) is 18.5. The molecule has 2 aliphatic rings. The molecule has 1 aliphatic carbocycles. The van der Waals surface area contributed by atoms with E-state index in [2.05, 4.69) is 15.3 Å². The number of likely N-dealkylation sites (tertiary alicyclic amines) is 1. The molecule has 0 spiro atoms. The van der Waals surface area contributed by atoms with Gasteiger partial charge in [-0.2, -0.15) is 0 Å². The van der Waals surface area contributed by atoms with Gasteiger partial charge in [0.2, 0.25) is 0 Å². The molecule has 29 heavy (non-hydrogen) atoms. The smallest absolute Gasteiger partial charge is 0.263 e. The highest BCUT2D eigenvalue weighted by atomic mass is 32.1. The number of hydrogen-bond donors (Lipinski definition) is 0. The second-order valence-corrected chi connectivity index (χ2v) is 8.94. The number of imidazole rings is 1. The molecule has 0 N–H and O–H groups in total. The number of nitrogens with zero attached hydrogens (tertiary/aromatic N) is 6. The van der Waals surface area contributed by atoms with Crippen molar-refractivity contribution in [3.05, 3.63) is 41.1 Å². The number of methoxy groups -OCH3 is 1. The molecule has 3 aromatic rings. The van der Waals surface area contributed by atoms with Crippen LogP contribution in [0.25, 0.3) is 11.4 Å². The Balaban J connectivity index is 1.34. The minimum atomic E-state index is 0.0640. The minimum Gasteiger partial charge on any atom is -0.379 e. The number of rotatable bonds is 4. The van der Waals surface area contributed by atoms with Gasteiger partial charge in [-0.15, -0.1) is 16.4 Å². The number of hydrogen-bond acceptors (Lipinski definition) is 6. The number of fused-ring (bicyclic) bond motifs is 1. The monoisotopic (exact) mass is 412 g/mol. The molecule has 2 fully saturated rings. The maximum Gasteiger partial charge on any atom is 0.263 e. The zero-order valence-corrected chi connectivity index (χ0v) is 17.3. The van der Waals surface area contributed by atoms with Crippen LogP contribution in [0.1, 0.15) is 28.6 Å². The van der Waals surface area contributed by atoms with Crippen LogP contribution in [0, 0.1) is 11.8 Å². The van der Waals surface area contributed by atoms with Gasteiger partial charge in [-0.3, -0.25) is 4.79 Å². The Kier molecular flexibility index (Phi) is 4.71. The van der Waals surface area contributed by atoms with Crippen molar-refractivity contribution in [1.82, 2.24) is 29.4 Å². The van der Waals surface area contributed by atoms with Crippen LogP contribution in [0.15, 0.2) is 36.2 Å². The molecule has 1 amide bonds. The molecule has 1 saturated heterocycles. The van der Waals surface area contributed by atoms with Crippen LogP contribution in [-0.4, -0.2) is 61.7 Å². The van der Waals surface area contributed by atoms with Crippen LogP contribution in [0.4, 0.5) is 0 Å². The van der Waals surface area contributed by atoms with E-state index in [4.69, 9.17) is 4.74 Å².